The molecule has 1 fully saturated rings. The fourth-order valence-electron chi connectivity index (χ4n) is 3.18. The van der Waals surface area contributed by atoms with Gasteiger partial charge in [-0.25, -0.2) is 8.42 Å². The van der Waals surface area contributed by atoms with Crippen molar-refractivity contribution >= 4 is 27.4 Å². The number of benzene rings is 2. The van der Waals surface area contributed by atoms with Gasteiger partial charge in [0.2, 0.25) is 10.0 Å². The molecule has 0 saturated carbocycles. The van der Waals surface area contributed by atoms with E-state index in [1.807, 2.05) is 0 Å². The van der Waals surface area contributed by atoms with Gasteiger partial charge in [0.1, 0.15) is 0 Å². The zero-order valence-corrected chi connectivity index (χ0v) is 16.5. The van der Waals surface area contributed by atoms with E-state index >= 15 is 0 Å². The number of piperazine rings is 1. The normalized spacial score (nSPS) is 15.9. The van der Waals surface area contributed by atoms with E-state index in [4.69, 9.17) is 0 Å². The first kappa shape index (κ1) is 20.2. The van der Waals surface area contributed by atoms with Gasteiger partial charge in [0.15, 0.2) is 12.3 Å². The monoisotopic (exact) mass is 402 g/mol. The lowest BCUT2D eigenvalue weighted by molar-refractivity contribution is -0.895. The number of carbonyl (C=O) groups excluding carboxylic acids is 2. The van der Waals surface area contributed by atoms with Crippen LogP contribution in [0.2, 0.25) is 0 Å². The maximum Gasteiger partial charge on any atom is 0.279 e. The van der Waals surface area contributed by atoms with Gasteiger partial charge in [0, 0.05) is 11.3 Å². The van der Waals surface area contributed by atoms with Crippen LogP contribution < -0.4 is 10.2 Å². The van der Waals surface area contributed by atoms with Gasteiger partial charge in [-0.1, -0.05) is 18.2 Å². The SMILES string of the molecule is CC(=O)c1ccc(NC(=O)C[NH+]2CCN(S(=O)(=O)c3ccccc3)CC2)cc1. The van der Waals surface area contributed by atoms with Crippen LogP contribution in [0.5, 0.6) is 0 Å². The summed E-state index contributed by atoms with van der Waals surface area (Å²) >= 11 is 0. The zero-order chi connectivity index (χ0) is 20.1. The molecule has 0 bridgehead atoms. The highest BCUT2D eigenvalue weighted by molar-refractivity contribution is 7.89. The average Bonchev–Trinajstić information content (AvgIpc) is 2.69. The number of hydrogen-bond donors (Lipinski definition) is 2. The van der Waals surface area contributed by atoms with Crippen molar-refractivity contribution in [2.75, 3.05) is 38.0 Å². The molecule has 2 aromatic rings. The molecule has 1 aliphatic rings. The summed E-state index contributed by atoms with van der Waals surface area (Å²) in [5.74, 6) is -0.157. The number of quaternary nitrogens is 1. The predicted octanol–water partition coefficient (Wildman–Crippen LogP) is 0.417. The Morgan fingerprint density at radius 3 is 2.18 bits per heavy atom. The van der Waals surface area contributed by atoms with Gasteiger partial charge in [-0.2, -0.15) is 4.31 Å². The van der Waals surface area contributed by atoms with Crippen LogP contribution in [0, 0.1) is 0 Å². The van der Waals surface area contributed by atoms with Crippen LogP contribution in [-0.4, -0.2) is 57.1 Å². The Hall–Kier alpha value is -2.55. The maximum atomic E-state index is 12.6. The fourth-order valence-corrected chi connectivity index (χ4v) is 4.64. The Balaban J connectivity index is 1.51. The molecule has 8 heteroatoms. The summed E-state index contributed by atoms with van der Waals surface area (Å²) in [6.07, 6.45) is 0. The first-order valence-corrected chi connectivity index (χ1v) is 10.6. The van der Waals surface area contributed by atoms with Crippen molar-refractivity contribution in [3.63, 3.8) is 0 Å². The van der Waals surface area contributed by atoms with Crippen molar-refractivity contribution < 1.29 is 22.9 Å². The lowest BCUT2D eigenvalue weighted by Crippen LogP contribution is -3.15. The third kappa shape index (κ3) is 4.83. The first-order chi connectivity index (χ1) is 13.4. The average molecular weight is 402 g/mol. The summed E-state index contributed by atoms with van der Waals surface area (Å²) in [6.45, 7) is 3.67. The van der Waals surface area contributed by atoms with Gasteiger partial charge in [0.25, 0.3) is 5.91 Å². The summed E-state index contributed by atoms with van der Waals surface area (Å²) in [5, 5.41) is 2.82. The van der Waals surface area contributed by atoms with Crippen molar-refractivity contribution in [3.8, 4) is 0 Å². The molecular formula is C20H24N3O4S+. The van der Waals surface area contributed by atoms with E-state index in [2.05, 4.69) is 5.32 Å². The molecule has 0 aliphatic carbocycles. The number of ketones is 1. The smallest absolute Gasteiger partial charge is 0.279 e. The molecule has 7 nitrogen and oxygen atoms in total. The van der Waals surface area contributed by atoms with E-state index in [0.717, 1.165) is 4.90 Å². The lowest BCUT2D eigenvalue weighted by atomic mass is 10.1. The Bertz CT molecular complexity index is 935. The highest BCUT2D eigenvalue weighted by Gasteiger charge is 2.30. The summed E-state index contributed by atoms with van der Waals surface area (Å²) < 4.78 is 26.8. The van der Waals surface area contributed by atoms with E-state index in [-0.39, 0.29) is 18.2 Å². The number of anilines is 1. The largest absolute Gasteiger partial charge is 0.325 e. The van der Waals surface area contributed by atoms with E-state index in [0.29, 0.717) is 42.3 Å². The highest BCUT2D eigenvalue weighted by Crippen LogP contribution is 2.14. The van der Waals surface area contributed by atoms with E-state index < -0.39 is 10.0 Å². The van der Waals surface area contributed by atoms with Crippen LogP contribution in [0.4, 0.5) is 5.69 Å². The standard InChI is InChI=1S/C20H23N3O4S/c1-16(24)17-7-9-18(10-8-17)21-20(25)15-22-11-13-23(14-12-22)28(26,27)19-5-3-2-4-6-19/h2-10H,11-15H2,1H3,(H,21,25)/p+1. The first-order valence-electron chi connectivity index (χ1n) is 9.16. The van der Waals surface area contributed by atoms with Crippen LogP contribution in [0.15, 0.2) is 59.5 Å². The number of nitrogens with one attached hydrogen (secondary N) is 2. The van der Waals surface area contributed by atoms with Crippen LogP contribution in [0.1, 0.15) is 17.3 Å². The third-order valence-electron chi connectivity index (χ3n) is 4.80. The molecule has 2 aromatic carbocycles. The van der Waals surface area contributed by atoms with Crippen LogP contribution >= 0.6 is 0 Å². The van der Waals surface area contributed by atoms with Gasteiger partial charge in [0.05, 0.1) is 31.1 Å². The van der Waals surface area contributed by atoms with Crippen LogP contribution in [0.3, 0.4) is 0 Å². The van der Waals surface area contributed by atoms with Crippen molar-refractivity contribution in [1.29, 1.82) is 0 Å². The minimum absolute atomic E-state index is 0.0225. The maximum absolute atomic E-state index is 12.6. The van der Waals surface area contributed by atoms with Crippen molar-refractivity contribution in [3.05, 3.63) is 60.2 Å². The summed E-state index contributed by atoms with van der Waals surface area (Å²) in [4.78, 5) is 24.9. The number of nitrogens with zero attached hydrogens (tertiary/aromatic N) is 1. The van der Waals surface area contributed by atoms with E-state index in [1.165, 1.54) is 11.2 Å². The molecule has 0 aromatic heterocycles. The second kappa shape index (κ2) is 8.64. The molecule has 1 amide bonds. The Labute approximate surface area is 165 Å². The topological polar surface area (TPSA) is 88.0 Å². The van der Waals surface area contributed by atoms with E-state index in [1.54, 1.807) is 54.6 Å². The quantitative estimate of drug-likeness (QED) is 0.686. The summed E-state index contributed by atoms with van der Waals surface area (Å²) in [5.41, 5.74) is 1.24. The second-order valence-corrected chi connectivity index (χ2v) is 8.76. The molecule has 2 N–H and O–H groups in total. The molecule has 1 saturated heterocycles. The molecule has 148 valence electrons. The molecular weight excluding hydrogens is 378 g/mol. The van der Waals surface area contributed by atoms with Crippen molar-refractivity contribution in [1.82, 2.24) is 4.31 Å². The molecule has 0 atom stereocenters. The second-order valence-electron chi connectivity index (χ2n) is 6.83. The minimum atomic E-state index is -3.48. The van der Waals surface area contributed by atoms with Gasteiger partial charge in [-0.3, -0.25) is 9.59 Å². The Morgan fingerprint density at radius 1 is 1.00 bits per heavy atom. The van der Waals surface area contributed by atoms with Gasteiger partial charge in [-0.15, -0.1) is 0 Å². The molecule has 28 heavy (non-hydrogen) atoms. The minimum Gasteiger partial charge on any atom is -0.325 e. The molecule has 3 rings (SSSR count). The van der Waals surface area contributed by atoms with Crippen LogP contribution in [-0.2, 0) is 14.8 Å². The zero-order valence-electron chi connectivity index (χ0n) is 15.7. The third-order valence-corrected chi connectivity index (χ3v) is 6.71. The fraction of sp³-hybridized carbons (Fsp3) is 0.300. The number of amides is 1. The number of sulfonamides is 1. The summed E-state index contributed by atoms with van der Waals surface area (Å²) in [6, 6.07) is 15.2. The number of carbonyl (C=O) groups is 2. The molecule has 0 unspecified atom stereocenters. The number of rotatable bonds is 6. The molecule has 0 radical (unpaired) electrons. The van der Waals surface area contributed by atoms with Gasteiger partial charge in [-0.05, 0) is 43.3 Å². The van der Waals surface area contributed by atoms with Crippen LogP contribution in [0.25, 0.3) is 0 Å². The number of Topliss-reactive ketones (excluding diaryl/α,β-unsaturated/α-hetero) is 1. The lowest BCUT2D eigenvalue weighted by Gasteiger charge is -2.31. The van der Waals surface area contributed by atoms with Gasteiger partial charge >= 0.3 is 0 Å². The molecule has 1 heterocycles. The Kier molecular flexibility index (Phi) is 6.23. The summed E-state index contributed by atoms with van der Waals surface area (Å²) in [7, 11) is -3.48. The van der Waals surface area contributed by atoms with Crippen molar-refractivity contribution in [2.24, 2.45) is 0 Å². The van der Waals surface area contributed by atoms with E-state index in [9.17, 15) is 18.0 Å². The predicted molar refractivity (Wildman–Crippen MR) is 106 cm³/mol. The molecule has 1 aliphatic heterocycles. The van der Waals surface area contributed by atoms with Crippen molar-refractivity contribution in [2.45, 2.75) is 11.8 Å². The molecule has 0 spiro atoms. The van der Waals surface area contributed by atoms with Gasteiger partial charge < -0.3 is 10.2 Å². The number of hydrogen-bond acceptors (Lipinski definition) is 4. The highest BCUT2D eigenvalue weighted by atomic mass is 32.2. The Morgan fingerprint density at radius 2 is 1.61 bits per heavy atom.